The van der Waals surface area contributed by atoms with Gasteiger partial charge in [0.15, 0.2) is 0 Å². The van der Waals surface area contributed by atoms with Gasteiger partial charge in [0.2, 0.25) is 0 Å². The van der Waals surface area contributed by atoms with Gasteiger partial charge in [-0.1, -0.05) is 61.3 Å². The van der Waals surface area contributed by atoms with Crippen molar-refractivity contribution in [2.75, 3.05) is 0 Å². The molecule has 0 fully saturated rings. The van der Waals surface area contributed by atoms with E-state index in [9.17, 15) is 5.11 Å². The Bertz CT molecular complexity index is 591. The van der Waals surface area contributed by atoms with Crippen molar-refractivity contribution >= 4 is 23.2 Å². The topological polar surface area (TPSA) is 20.2 Å². The van der Waals surface area contributed by atoms with E-state index in [4.69, 9.17) is 23.2 Å². The molecule has 0 aliphatic carbocycles. The van der Waals surface area contributed by atoms with Crippen LogP contribution in [-0.2, 0) is 12.8 Å². The summed E-state index contributed by atoms with van der Waals surface area (Å²) >= 11 is 12.1. The largest absolute Gasteiger partial charge is 0.388 e. The third kappa shape index (κ3) is 4.74. The van der Waals surface area contributed by atoms with Crippen molar-refractivity contribution in [3.8, 4) is 0 Å². The zero-order chi connectivity index (χ0) is 15.4. The molecule has 0 saturated carbocycles. The van der Waals surface area contributed by atoms with E-state index in [0.29, 0.717) is 22.4 Å². The third-order valence-electron chi connectivity index (χ3n) is 3.43. The van der Waals surface area contributed by atoms with Gasteiger partial charge < -0.3 is 5.11 Å². The van der Waals surface area contributed by atoms with Crippen LogP contribution >= 0.6 is 23.2 Å². The Morgan fingerprint density at radius 2 is 1.62 bits per heavy atom. The zero-order valence-corrected chi connectivity index (χ0v) is 13.8. The highest BCUT2D eigenvalue weighted by molar-refractivity contribution is 6.33. The van der Waals surface area contributed by atoms with Gasteiger partial charge in [0, 0.05) is 16.5 Å². The van der Waals surface area contributed by atoms with Crippen LogP contribution in [0.3, 0.4) is 0 Å². The van der Waals surface area contributed by atoms with Gasteiger partial charge in [0.05, 0.1) is 6.10 Å². The maximum Gasteiger partial charge on any atom is 0.0830 e. The normalized spacial score (nSPS) is 12.7. The predicted octanol–water partition coefficient (Wildman–Crippen LogP) is 5.47. The Kier molecular flexibility index (Phi) is 5.69. The molecule has 1 unspecified atom stereocenters. The number of hydrogen-bond acceptors (Lipinski definition) is 1. The van der Waals surface area contributed by atoms with Crippen LogP contribution in [0.1, 0.15) is 36.6 Å². The number of aliphatic hydroxyl groups excluding tert-OH is 1. The van der Waals surface area contributed by atoms with E-state index in [-0.39, 0.29) is 0 Å². The maximum atomic E-state index is 10.4. The van der Waals surface area contributed by atoms with Crippen LogP contribution < -0.4 is 0 Å². The fourth-order valence-electron chi connectivity index (χ4n) is 2.37. The Hall–Kier alpha value is -1.02. The average molecular weight is 323 g/mol. The molecule has 0 saturated heterocycles. The summed E-state index contributed by atoms with van der Waals surface area (Å²) in [4.78, 5) is 0. The number of rotatable bonds is 5. The van der Waals surface area contributed by atoms with Gasteiger partial charge in [-0.2, -0.15) is 0 Å². The highest BCUT2D eigenvalue weighted by Gasteiger charge is 2.11. The van der Waals surface area contributed by atoms with E-state index in [1.807, 2.05) is 12.1 Å². The number of halogens is 2. The molecule has 1 atom stereocenters. The molecule has 3 heteroatoms. The van der Waals surface area contributed by atoms with Gasteiger partial charge in [-0.15, -0.1) is 0 Å². The van der Waals surface area contributed by atoms with Crippen molar-refractivity contribution in [3.05, 3.63) is 69.2 Å². The Morgan fingerprint density at radius 3 is 2.24 bits per heavy atom. The first-order chi connectivity index (χ1) is 9.95. The molecule has 2 aromatic rings. The first-order valence-corrected chi connectivity index (χ1v) is 7.92. The molecular weight excluding hydrogens is 303 g/mol. The zero-order valence-electron chi connectivity index (χ0n) is 12.3. The molecule has 0 heterocycles. The van der Waals surface area contributed by atoms with Gasteiger partial charge in [-0.25, -0.2) is 0 Å². The van der Waals surface area contributed by atoms with Gasteiger partial charge in [-0.05, 0) is 47.2 Å². The quantitative estimate of drug-likeness (QED) is 0.774. The second-order valence-electron chi connectivity index (χ2n) is 5.80. The van der Waals surface area contributed by atoms with E-state index in [1.165, 1.54) is 5.56 Å². The second kappa shape index (κ2) is 7.31. The summed E-state index contributed by atoms with van der Waals surface area (Å²) in [7, 11) is 0. The second-order valence-corrected chi connectivity index (χ2v) is 6.64. The van der Waals surface area contributed by atoms with Crippen molar-refractivity contribution in [3.63, 3.8) is 0 Å². The van der Waals surface area contributed by atoms with Crippen molar-refractivity contribution in [2.24, 2.45) is 5.92 Å². The van der Waals surface area contributed by atoms with Gasteiger partial charge in [0.25, 0.3) is 0 Å². The molecule has 0 spiro atoms. The lowest BCUT2D eigenvalue weighted by molar-refractivity contribution is 0.178. The summed E-state index contributed by atoms with van der Waals surface area (Å²) in [6.07, 6.45) is 0.938. The molecule has 112 valence electrons. The lowest BCUT2D eigenvalue weighted by Crippen LogP contribution is -2.03. The Labute approximate surface area is 136 Å². The van der Waals surface area contributed by atoms with Gasteiger partial charge >= 0.3 is 0 Å². The van der Waals surface area contributed by atoms with Crippen LogP contribution in [0.15, 0.2) is 42.5 Å². The molecule has 0 amide bonds. The summed E-state index contributed by atoms with van der Waals surface area (Å²) in [6.45, 7) is 4.40. The first-order valence-electron chi connectivity index (χ1n) is 7.16. The summed E-state index contributed by atoms with van der Waals surface area (Å²) < 4.78 is 0. The SMILES string of the molecule is CC(C)Cc1ccc(C(O)Cc2cc(Cl)ccc2Cl)cc1. The van der Waals surface area contributed by atoms with Gasteiger partial charge in [0.1, 0.15) is 0 Å². The van der Waals surface area contributed by atoms with E-state index in [0.717, 1.165) is 17.5 Å². The first kappa shape index (κ1) is 16.4. The standard InChI is InChI=1S/C18H20Cl2O/c1-12(2)9-13-3-5-14(6-4-13)18(21)11-15-10-16(19)7-8-17(15)20/h3-8,10,12,18,21H,9,11H2,1-2H3. The monoisotopic (exact) mass is 322 g/mol. The van der Waals surface area contributed by atoms with E-state index in [2.05, 4.69) is 26.0 Å². The number of aliphatic hydroxyl groups is 1. The minimum absolute atomic E-state index is 0.461. The van der Waals surface area contributed by atoms with E-state index < -0.39 is 6.10 Å². The van der Waals surface area contributed by atoms with Crippen molar-refractivity contribution in [1.82, 2.24) is 0 Å². The minimum atomic E-state index is -0.575. The van der Waals surface area contributed by atoms with Crippen LogP contribution in [0.25, 0.3) is 0 Å². The summed E-state index contributed by atoms with van der Waals surface area (Å²) in [5.74, 6) is 0.631. The predicted molar refractivity (Wildman–Crippen MR) is 90.1 cm³/mol. The summed E-state index contributed by atoms with van der Waals surface area (Å²) in [5.41, 5.74) is 3.06. The minimum Gasteiger partial charge on any atom is -0.388 e. The molecule has 0 aliphatic heterocycles. The fourth-order valence-corrected chi connectivity index (χ4v) is 2.76. The summed E-state index contributed by atoms with van der Waals surface area (Å²) in [5, 5.41) is 11.6. The Balaban J connectivity index is 2.09. The maximum absolute atomic E-state index is 10.4. The molecule has 1 N–H and O–H groups in total. The van der Waals surface area contributed by atoms with Crippen LogP contribution in [-0.4, -0.2) is 5.11 Å². The van der Waals surface area contributed by atoms with Gasteiger partial charge in [-0.3, -0.25) is 0 Å². The molecule has 2 rings (SSSR count). The molecular formula is C18H20Cl2O. The number of benzene rings is 2. The molecule has 0 radical (unpaired) electrons. The van der Waals surface area contributed by atoms with E-state index >= 15 is 0 Å². The molecule has 1 nitrogen and oxygen atoms in total. The molecule has 0 aliphatic rings. The summed E-state index contributed by atoms with van der Waals surface area (Å²) in [6, 6.07) is 13.5. The molecule has 2 aromatic carbocycles. The smallest absolute Gasteiger partial charge is 0.0830 e. The van der Waals surface area contributed by atoms with E-state index in [1.54, 1.807) is 18.2 Å². The van der Waals surface area contributed by atoms with Crippen LogP contribution in [0.2, 0.25) is 10.0 Å². The van der Waals surface area contributed by atoms with Crippen LogP contribution in [0.5, 0.6) is 0 Å². The molecule has 0 aromatic heterocycles. The lowest BCUT2D eigenvalue weighted by Gasteiger charge is -2.13. The average Bonchev–Trinajstić information content (AvgIpc) is 2.43. The van der Waals surface area contributed by atoms with Crippen LogP contribution in [0, 0.1) is 5.92 Å². The number of hydrogen-bond donors (Lipinski definition) is 1. The third-order valence-corrected chi connectivity index (χ3v) is 4.03. The van der Waals surface area contributed by atoms with Crippen LogP contribution in [0.4, 0.5) is 0 Å². The molecule has 21 heavy (non-hydrogen) atoms. The molecule has 0 bridgehead atoms. The van der Waals surface area contributed by atoms with Crippen molar-refractivity contribution < 1.29 is 5.11 Å². The van der Waals surface area contributed by atoms with Crippen molar-refractivity contribution in [1.29, 1.82) is 0 Å². The lowest BCUT2D eigenvalue weighted by atomic mass is 9.97. The highest BCUT2D eigenvalue weighted by Crippen LogP contribution is 2.26. The Morgan fingerprint density at radius 1 is 0.952 bits per heavy atom. The highest BCUT2D eigenvalue weighted by atomic mass is 35.5. The van der Waals surface area contributed by atoms with Crippen molar-refractivity contribution in [2.45, 2.75) is 32.8 Å². The fraction of sp³-hybridized carbons (Fsp3) is 0.333.